The monoisotopic (exact) mass is 440 g/mol. The Balaban J connectivity index is 1.90. The fourth-order valence-corrected chi connectivity index (χ4v) is 4.06. The molecule has 8 heteroatoms. The maximum atomic E-state index is 12.0. The summed E-state index contributed by atoms with van der Waals surface area (Å²) in [6.45, 7) is 8.93. The van der Waals surface area contributed by atoms with Gasteiger partial charge in [-0.2, -0.15) is 4.37 Å². The SMILES string of the molecule is CCCCCCOc1nsnc1C1=CCC[N+](C)(C(C)OC(=O)OCCCCC)C1. The second-order valence-electron chi connectivity index (χ2n) is 8.23. The zero-order valence-corrected chi connectivity index (χ0v) is 19.8. The van der Waals surface area contributed by atoms with Crippen molar-refractivity contribution in [2.75, 3.05) is 33.4 Å². The molecular formula is C22H38N3O4S+. The van der Waals surface area contributed by atoms with Crippen LogP contribution in [0.2, 0.25) is 0 Å². The van der Waals surface area contributed by atoms with Gasteiger partial charge in [-0.05, 0) is 12.8 Å². The Bertz CT molecular complexity index is 679. The number of unbranched alkanes of at least 4 members (excludes halogenated alkanes) is 5. The van der Waals surface area contributed by atoms with Crippen molar-refractivity contribution in [2.45, 2.75) is 78.4 Å². The molecule has 0 bridgehead atoms. The topological polar surface area (TPSA) is 70.5 Å². The number of quaternary nitrogens is 1. The molecule has 0 spiro atoms. The van der Waals surface area contributed by atoms with Crippen molar-refractivity contribution < 1.29 is 23.5 Å². The number of carbonyl (C=O) groups excluding carboxylic acids is 1. The zero-order valence-electron chi connectivity index (χ0n) is 19.0. The van der Waals surface area contributed by atoms with Crippen LogP contribution in [-0.4, -0.2) is 59.0 Å². The van der Waals surface area contributed by atoms with E-state index in [4.69, 9.17) is 14.2 Å². The van der Waals surface area contributed by atoms with Gasteiger partial charge in [0.05, 0.1) is 38.5 Å². The van der Waals surface area contributed by atoms with Crippen LogP contribution in [0, 0.1) is 0 Å². The predicted octanol–water partition coefficient (Wildman–Crippen LogP) is 5.42. The van der Waals surface area contributed by atoms with Crippen molar-refractivity contribution >= 4 is 23.5 Å². The second kappa shape index (κ2) is 12.9. The molecule has 2 atom stereocenters. The summed E-state index contributed by atoms with van der Waals surface area (Å²) in [5, 5.41) is 0. The van der Waals surface area contributed by atoms with Crippen LogP contribution in [0.4, 0.5) is 4.79 Å². The standard InChI is InChI=1S/C22H38N3O4S/c1-5-7-9-11-15-27-21-20(23-30-24-21)19-13-12-14-25(4,17-19)18(3)29-22(26)28-16-10-8-6-2/h13,18H,5-12,14-17H2,1-4H3/q+1. The second-order valence-corrected chi connectivity index (χ2v) is 8.76. The van der Waals surface area contributed by atoms with Gasteiger partial charge in [0, 0.05) is 18.9 Å². The molecule has 1 aromatic heterocycles. The number of carbonyl (C=O) groups is 1. The normalized spacial score (nSPS) is 19.8. The minimum absolute atomic E-state index is 0.308. The third kappa shape index (κ3) is 7.54. The van der Waals surface area contributed by atoms with E-state index < -0.39 is 6.16 Å². The molecule has 0 fully saturated rings. The van der Waals surface area contributed by atoms with Gasteiger partial charge < -0.3 is 14.2 Å². The van der Waals surface area contributed by atoms with Crippen LogP contribution in [0.1, 0.15) is 77.8 Å². The van der Waals surface area contributed by atoms with Crippen molar-refractivity contribution in [3.63, 3.8) is 0 Å². The average molecular weight is 441 g/mol. The van der Waals surface area contributed by atoms with Gasteiger partial charge >= 0.3 is 6.16 Å². The molecule has 0 radical (unpaired) electrons. The smallest absolute Gasteiger partial charge is 0.475 e. The molecule has 170 valence electrons. The lowest BCUT2D eigenvalue weighted by Crippen LogP contribution is -2.55. The molecule has 2 unspecified atom stereocenters. The summed E-state index contributed by atoms with van der Waals surface area (Å²) in [4.78, 5) is 12.0. The lowest BCUT2D eigenvalue weighted by molar-refractivity contribution is -0.944. The molecule has 2 heterocycles. The Labute approximate surface area is 185 Å². The van der Waals surface area contributed by atoms with E-state index in [-0.39, 0.29) is 6.23 Å². The van der Waals surface area contributed by atoms with E-state index >= 15 is 0 Å². The molecule has 0 aromatic carbocycles. The van der Waals surface area contributed by atoms with Crippen LogP contribution in [0.15, 0.2) is 6.08 Å². The average Bonchev–Trinajstić information content (AvgIpc) is 3.20. The van der Waals surface area contributed by atoms with Gasteiger partial charge in [0.2, 0.25) is 6.23 Å². The number of hydrogen-bond acceptors (Lipinski definition) is 7. The van der Waals surface area contributed by atoms with Crippen molar-refractivity contribution in [1.29, 1.82) is 0 Å². The van der Waals surface area contributed by atoms with Crippen LogP contribution < -0.4 is 4.74 Å². The number of likely N-dealkylation sites (N-methyl/N-ethyl adjacent to an activating group) is 1. The van der Waals surface area contributed by atoms with Crippen LogP contribution in [-0.2, 0) is 9.47 Å². The van der Waals surface area contributed by atoms with Crippen molar-refractivity contribution in [1.82, 2.24) is 8.75 Å². The van der Waals surface area contributed by atoms with Gasteiger partial charge in [0.1, 0.15) is 12.2 Å². The van der Waals surface area contributed by atoms with Crippen LogP contribution in [0.3, 0.4) is 0 Å². The molecule has 0 N–H and O–H groups in total. The molecule has 0 aliphatic carbocycles. The first-order valence-corrected chi connectivity index (χ1v) is 12.1. The van der Waals surface area contributed by atoms with E-state index in [1.165, 1.54) is 31.0 Å². The summed E-state index contributed by atoms with van der Waals surface area (Å²) in [6, 6.07) is 0. The van der Waals surface area contributed by atoms with E-state index in [0.717, 1.165) is 49.9 Å². The maximum Gasteiger partial charge on any atom is 0.512 e. The summed E-state index contributed by atoms with van der Waals surface area (Å²) in [5.41, 5.74) is 1.93. The van der Waals surface area contributed by atoms with Crippen LogP contribution in [0.25, 0.3) is 5.57 Å². The van der Waals surface area contributed by atoms with Gasteiger partial charge in [-0.1, -0.05) is 52.0 Å². The Hall–Kier alpha value is -1.67. The first kappa shape index (κ1) is 24.6. The van der Waals surface area contributed by atoms with Crippen molar-refractivity contribution in [3.05, 3.63) is 11.8 Å². The third-order valence-electron chi connectivity index (χ3n) is 5.67. The number of hydrogen-bond donors (Lipinski definition) is 0. The van der Waals surface area contributed by atoms with Gasteiger partial charge in [-0.25, -0.2) is 4.79 Å². The highest BCUT2D eigenvalue weighted by atomic mass is 32.1. The van der Waals surface area contributed by atoms with E-state index in [9.17, 15) is 4.79 Å². The predicted molar refractivity (Wildman–Crippen MR) is 119 cm³/mol. The number of nitrogens with zero attached hydrogens (tertiary/aromatic N) is 3. The highest BCUT2D eigenvalue weighted by Crippen LogP contribution is 2.31. The van der Waals surface area contributed by atoms with E-state index in [1.807, 2.05) is 6.92 Å². The van der Waals surface area contributed by atoms with E-state index in [1.54, 1.807) is 0 Å². The highest BCUT2D eigenvalue weighted by molar-refractivity contribution is 6.99. The van der Waals surface area contributed by atoms with Gasteiger partial charge in [-0.15, -0.1) is 4.37 Å². The quantitative estimate of drug-likeness (QED) is 0.232. The lowest BCUT2D eigenvalue weighted by Gasteiger charge is -2.41. The van der Waals surface area contributed by atoms with Crippen molar-refractivity contribution in [2.24, 2.45) is 0 Å². The lowest BCUT2D eigenvalue weighted by atomic mass is 10.0. The molecule has 1 aromatic rings. The highest BCUT2D eigenvalue weighted by Gasteiger charge is 2.37. The molecular weight excluding hydrogens is 402 g/mol. The van der Waals surface area contributed by atoms with Crippen molar-refractivity contribution in [3.8, 4) is 5.88 Å². The summed E-state index contributed by atoms with van der Waals surface area (Å²) < 4.78 is 26.2. The fourth-order valence-electron chi connectivity index (χ4n) is 3.53. The Morgan fingerprint density at radius 2 is 1.87 bits per heavy atom. The minimum Gasteiger partial charge on any atom is -0.475 e. The molecule has 0 saturated carbocycles. The Morgan fingerprint density at radius 3 is 2.63 bits per heavy atom. The number of aromatic nitrogens is 2. The van der Waals surface area contributed by atoms with Gasteiger partial charge in [-0.3, -0.25) is 4.48 Å². The van der Waals surface area contributed by atoms with E-state index in [0.29, 0.717) is 30.1 Å². The molecule has 30 heavy (non-hydrogen) atoms. The van der Waals surface area contributed by atoms with Crippen LogP contribution in [0.5, 0.6) is 5.88 Å². The fraction of sp³-hybridized carbons (Fsp3) is 0.773. The van der Waals surface area contributed by atoms with Gasteiger partial charge in [0.15, 0.2) is 0 Å². The number of ether oxygens (including phenoxy) is 3. The maximum absolute atomic E-state index is 12.0. The first-order valence-electron chi connectivity index (χ1n) is 11.3. The Morgan fingerprint density at radius 1 is 1.13 bits per heavy atom. The summed E-state index contributed by atoms with van der Waals surface area (Å²) in [5.74, 6) is 0.625. The molecule has 0 saturated heterocycles. The summed E-state index contributed by atoms with van der Waals surface area (Å²) in [7, 11) is 2.10. The minimum atomic E-state index is -0.583. The van der Waals surface area contributed by atoms with Gasteiger partial charge in [0.25, 0.3) is 5.88 Å². The van der Waals surface area contributed by atoms with Crippen LogP contribution >= 0.6 is 11.7 Å². The summed E-state index contributed by atoms with van der Waals surface area (Å²) >= 11 is 1.18. The Kier molecular flexibility index (Phi) is 10.6. The largest absolute Gasteiger partial charge is 0.512 e. The first-order chi connectivity index (χ1) is 14.5. The molecule has 7 nitrogen and oxygen atoms in total. The number of rotatable bonds is 13. The summed E-state index contributed by atoms with van der Waals surface area (Å²) in [6.07, 6.45) is 9.85. The zero-order chi connectivity index (χ0) is 21.8. The molecule has 0 amide bonds. The molecule has 1 aliphatic heterocycles. The van der Waals surface area contributed by atoms with E-state index in [2.05, 4.69) is 35.7 Å². The molecule has 1 aliphatic rings. The third-order valence-corrected chi connectivity index (χ3v) is 6.19. The molecule has 2 rings (SSSR count).